The largest absolute Gasteiger partial charge is 0.471 e. The van der Waals surface area contributed by atoms with Gasteiger partial charge in [-0.05, 0) is 40.2 Å². The van der Waals surface area contributed by atoms with Crippen molar-refractivity contribution in [3.05, 3.63) is 52.9 Å². The molecule has 22 heavy (non-hydrogen) atoms. The summed E-state index contributed by atoms with van der Waals surface area (Å²) in [6.07, 6.45) is 1.29. The number of halogens is 2. The van der Waals surface area contributed by atoms with Crippen molar-refractivity contribution in [1.29, 1.82) is 0 Å². The minimum absolute atomic E-state index is 0.166. The number of benzene rings is 1. The number of hydrogen-bond donors (Lipinski definition) is 0. The van der Waals surface area contributed by atoms with Gasteiger partial charge in [-0.25, -0.2) is 17.8 Å². The molecule has 5 nitrogen and oxygen atoms in total. The quantitative estimate of drug-likeness (QED) is 0.809. The number of aromatic nitrogens is 1. The third-order valence-corrected chi connectivity index (χ3v) is 5.74. The van der Waals surface area contributed by atoms with Gasteiger partial charge in [0.15, 0.2) is 0 Å². The fraction of sp³-hybridized carbons (Fsp3) is 0.214. The number of hydrogen-bond acceptors (Lipinski definition) is 4. The average Bonchev–Trinajstić information content (AvgIpc) is 2.44. The number of pyridine rings is 1. The summed E-state index contributed by atoms with van der Waals surface area (Å²) in [5, 5.41) is 0. The second-order valence-electron chi connectivity index (χ2n) is 4.78. The topological polar surface area (TPSA) is 59.5 Å². The van der Waals surface area contributed by atoms with E-state index in [1.807, 2.05) is 0 Å². The Labute approximate surface area is 135 Å². The van der Waals surface area contributed by atoms with Crippen molar-refractivity contribution < 1.29 is 17.5 Å². The molecule has 0 aliphatic carbocycles. The molecular formula is C14H12BrFN2O3S. The van der Waals surface area contributed by atoms with Crippen molar-refractivity contribution in [2.45, 2.75) is 11.0 Å². The van der Waals surface area contributed by atoms with E-state index < -0.39 is 15.8 Å². The van der Waals surface area contributed by atoms with Crippen molar-refractivity contribution >= 4 is 26.0 Å². The van der Waals surface area contributed by atoms with Crippen molar-refractivity contribution in [3.63, 3.8) is 0 Å². The number of rotatable bonds is 4. The van der Waals surface area contributed by atoms with Crippen LogP contribution in [0.1, 0.15) is 0 Å². The molecule has 1 saturated heterocycles. The van der Waals surface area contributed by atoms with E-state index in [0.29, 0.717) is 10.4 Å². The standard InChI is InChI=1S/C14H12BrFN2O3S/c15-11-4-3-7-17-14(11)21-10-8-18(9-10)22(19,20)13-6-2-1-5-12(13)16/h1-7,10H,8-9H2. The smallest absolute Gasteiger partial charge is 0.246 e. The van der Waals surface area contributed by atoms with Gasteiger partial charge in [-0.1, -0.05) is 12.1 Å². The SMILES string of the molecule is O=S(=O)(c1ccccc1F)N1CC(Oc2ncccc2Br)C1. The van der Waals surface area contributed by atoms with Crippen LogP contribution >= 0.6 is 15.9 Å². The van der Waals surface area contributed by atoms with Crippen LogP contribution in [0.3, 0.4) is 0 Å². The monoisotopic (exact) mass is 386 g/mol. The Morgan fingerprint density at radius 1 is 1.23 bits per heavy atom. The van der Waals surface area contributed by atoms with Gasteiger partial charge in [-0.15, -0.1) is 0 Å². The molecule has 0 saturated carbocycles. The van der Waals surface area contributed by atoms with Crippen LogP contribution in [0.15, 0.2) is 52.0 Å². The highest BCUT2D eigenvalue weighted by Crippen LogP contribution is 2.28. The van der Waals surface area contributed by atoms with Gasteiger partial charge in [0.25, 0.3) is 0 Å². The lowest BCUT2D eigenvalue weighted by Crippen LogP contribution is -2.56. The van der Waals surface area contributed by atoms with Crippen LogP contribution in [-0.4, -0.2) is 36.9 Å². The molecule has 0 radical (unpaired) electrons. The lowest BCUT2D eigenvalue weighted by atomic mass is 10.2. The highest BCUT2D eigenvalue weighted by atomic mass is 79.9. The molecule has 1 aromatic heterocycles. The zero-order valence-corrected chi connectivity index (χ0v) is 13.7. The first kappa shape index (κ1) is 15.4. The molecular weight excluding hydrogens is 375 g/mol. The molecule has 2 heterocycles. The molecule has 0 N–H and O–H groups in total. The molecule has 2 aromatic rings. The summed E-state index contributed by atoms with van der Waals surface area (Å²) >= 11 is 3.31. The summed E-state index contributed by atoms with van der Waals surface area (Å²) in [6.45, 7) is 0.333. The predicted octanol–water partition coefficient (Wildman–Crippen LogP) is 2.44. The van der Waals surface area contributed by atoms with Crippen LogP contribution in [0.4, 0.5) is 4.39 Å². The summed E-state index contributed by atoms with van der Waals surface area (Å²) in [6, 6.07) is 8.88. The molecule has 0 amide bonds. The Balaban J connectivity index is 1.68. The van der Waals surface area contributed by atoms with Crippen molar-refractivity contribution in [1.82, 2.24) is 9.29 Å². The van der Waals surface area contributed by atoms with Gasteiger partial charge in [-0.2, -0.15) is 4.31 Å². The Morgan fingerprint density at radius 2 is 1.95 bits per heavy atom. The van der Waals surface area contributed by atoms with E-state index in [9.17, 15) is 12.8 Å². The molecule has 1 aromatic carbocycles. The van der Waals surface area contributed by atoms with Gasteiger partial charge in [0.1, 0.15) is 16.8 Å². The lowest BCUT2D eigenvalue weighted by molar-refractivity contribution is 0.0712. The average molecular weight is 387 g/mol. The normalized spacial score (nSPS) is 16.3. The summed E-state index contributed by atoms with van der Waals surface area (Å²) in [5.74, 6) is -0.338. The second kappa shape index (κ2) is 5.94. The third-order valence-electron chi connectivity index (χ3n) is 3.27. The van der Waals surface area contributed by atoms with Crippen molar-refractivity contribution in [2.75, 3.05) is 13.1 Å². The molecule has 0 spiro atoms. The summed E-state index contributed by atoms with van der Waals surface area (Å²) in [7, 11) is -3.82. The van der Waals surface area contributed by atoms with Crippen LogP contribution in [0.5, 0.6) is 5.88 Å². The van der Waals surface area contributed by atoms with Crippen molar-refractivity contribution in [2.24, 2.45) is 0 Å². The highest BCUT2D eigenvalue weighted by molar-refractivity contribution is 9.10. The maximum Gasteiger partial charge on any atom is 0.246 e. The summed E-state index contributed by atoms with van der Waals surface area (Å²) in [5.41, 5.74) is 0. The van der Waals surface area contributed by atoms with E-state index >= 15 is 0 Å². The molecule has 1 aliphatic rings. The van der Waals surface area contributed by atoms with E-state index in [2.05, 4.69) is 20.9 Å². The molecule has 8 heteroatoms. The number of ether oxygens (including phenoxy) is 1. The summed E-state index contributed by atoms with van der Waals surface area (Å²) < 4.78 is 45.8. The van der Waals surface area contributed by atoms with E-state index in [0.717, 1.165) is 6.07 Å². The van der Waals surface area contributed by atoms with Crippen LogP contribution in [0.2, 0.25) is 0 Å². The summed E-state index contributed by atoms with van der Waals surface area (Å²) in [4.78, 5) is 3.75. The van der Waals surface area contributed by atoms with E-state index in [1.165, 1.54) is 22.5 Å². The molecule has 116 valence electrons. The maximum absolute atomic E-state index is 13.6. The third kappa shape index (κ3) is 2.86. The van der Waals surface area contributed by atoms with Crippen LogP contribution < -0.4 is 4.74 Å². The molecule has 0 atom stereocenters. The van der Waals surface area contributed by atoms with Crippen molar-refractivity contribution in [3.8, 4) is 5.88 Å². The predicted molar refractivity (Wildman–Crippen MR) is 81.5 cm³/mol. The molecule has 1 fully saturated rings. The minimum Gasteiger partial charge on any atom is -0.471 e. The number of nitrogens with zero attached hydrogens (tertiary/aromatic N) is 2. The minimum atomic E-state index is -3.82. The highest BCUT2D eigenvalue weighted by Gasteiger charge is 2.39. The Bertz CT molecular complexity index is 794. The first-order valence-corrected chi connectivity index (χ1v) is 8.73. The number of sulfonamides is 1. The van der Waals surface area contributed by atoms with E-state index in [4.69, 9.17) is 4.74 Å². The molecule has 0 unspecified atom stereocenters. The maximum atomic E-state index is 13.6. The van der Waals surface area contributed by atoms with Gasteiger partial charge in [0.05, 0.1) is 17.6 Å². The van der Waals surface area contributed by atoms with Gasteiger partial charge < -0.3 is 4.74 Å². The molecule has 3 rings (SSSR count). The van der Waals surface area contributed by atoms with Gasteiger partial charge >= 0.3 is 0 Å². The van der Waals surface area contributed by atoms with Gasteiger partial charge in [0, 0.05) is 6.20 Å². The van der Waals surface area contributed by atoms with Crippen LogP contribution in [-0.2, 0) is 10.0 Å². The Hall–Kier alpha value is -1.51. The van der Waals surface area contributed by atoms with Crippen LogP contribution in [0, 0.1) is 5.82 Å². The Kier molecular flexibility index (Phi) is 4.16. The fourth-order valence-electron chi connectivity index (χ4n) is 2.08. The fourth-order valence-corrected chi connectivity index (χ4v) is 4.00. The molecule has 0 bridgehead atoms. The first-order chi connectivity index (χ1) is 10.5. The lowest BCUT2D eigenvalue weighted by Gasteiger charge is -2.37. The van der Waals surface area contributed by atoms with E-state index in [-0.39, 0.29) is 24.1 Å². The molecule has 1 aliphatic heterocycles. The van der Waals surface area contributed by atoms with E-state index in [1.54, 1.807) is 18.3 Å². The zero-order chi connectivity index (χ0) is 15.7. The Morgan fingerprint density at radius 3 is 2.64 bits per heavy atom. The van der Waals surface area contributed by atoms with Gasteiger partial charge in [0.2, 0.25) is 15.9 Å². The van der Waals surface area contributed by atoms with Crippen LogP contribution in [0.25, 0.3) is 0 Å². The second-order valence-corrected chi connectivity index (χ2v) is 7.54. The first-order valence-electron chi connectivity index (χ1n) is 6.50. The van der Waals surface area contributed by atoms with Gasteiger partial charge in [-0.3, -0.25) is 0 Å². The zero-order valence-electron chi connectivity index (χ0n) is 11.3.